The molecule has 12 heteroatoms. The minimum Gasteiger partial charge on any atom is -0.396 e. The Morgan fingerprint density at radius 1 is 0.276 bits per heavy atom. The summed E-state index contributed by atoms with van der Waals surface area (Å²) in [7, 11) is 0. The number of rotatable bonds is 8. The monoisotopic (exact) mass is 1190 g/mol. The number of unbranched alkanes of at least 4 members (excludes halogenated alkanes) is 2. The molecule has 0 aliphatic heterocycles. The van der Waals surface area contributed by atoms with Crippen LogP contribution in [-0.2, 0) is 86.9 Å². The summed E-state index contributed by atoms with van der Waals surface area (Å²) in [5.74, 6) is 0. The summed E-state index contributed by atoms with van der Waals surface area (Å²) in [6.07, 6.45) is 6.98. The first-order valence-electron chi connectivity index (χ1n) is 25.3. The smallest absolute Gasteiger partial charge is 0.396 e. The van der Waals surface area contributed by atoms with Gasteiger partial charge in [-0.1, -0.05) is 54.4 Å². The van der Waals surface area contributed by atoms with Crippen molar-refractivity contribution in [3.05, 3.63) is 218 Å². The Hall–Kier alpha value is -2.14. The Morgan fingerprint density at radius 3 is 0.408 bits per heavy atom. The molecule has 0 spiro atoms. The van der Waals surface area contributed by atoms with Crippen LogP contribution in [0.4, 0.5) is 0 Å². The van der Waals surface area contributed by atoms with Crippen LogP contribution in [-0.4, -0.2) is 91.7 Å². The molecule has 422 valence electrons. The first-order valence-corrected chi connectivity index (χ1v) is 25.3. The second-order valence-electron chi connectivity index (χ2n) is 14.8. The van der Waals surface area contributed by atoms with Crippen molar-refractivity contribution in [2.75, 3.05) is 26.4 Å². The van der Waals surface area contributed by atoms with E-state index in [1.165, 1.54) is 0 Å². The van der Waals surface area contributed by atoms with Crippen molar-refractivity contribution in [2.45, 2.75) is 159 Å². The van der Waals surface area contributed by atoms with E-state index in [-0.39, 0.29) is 111 Å². The maximum absolute atomic E-state index is 8.36. The van der Waals surface area contributed by atoms with E-state index in [2.05, 4.69) is 50.2 Å². The van der Waals surface area contributed by atoms with Gasteiger partial charge in [-0.3, -0.25) is 0 Å². The Kier molecular flexibility index (Phi) is 152. The van der Waals surface area contributed by atoms with Gasteiger partial charge in [-0.05, 0) is 80.1 Å². The molecule has 0 radical (unpaired) electrons. The number of hydrogen-bond acceptors (Lipinski definition) is 8. The van der Waals surface area contributed by atoms with Crippen LogP contribution in [0, 0.1) is 36.4 Å². The molecule has 0 fully saturated rings. The van der Waals surface area contributed by atoms with Crippen molar-refractivity contribution in [3.63, 3.8) is 0 Å². The van der Waals surface area contributed by atoms with E-state index in [1.54, 1.807) is 41.5 Å². The number of aliphatic hydroxyl groups excluding tert-OH is 8. The molecule has 8 N–H and O–H groups in total. The minimum atomic E-state index is -0.167. The van der Waals surface area contributed by atoms with Crippen LogP contribution in [0.25, 0.3) is 0 Å². The fourth-order valence-corrected chi connectivity index (χ4v) is 2.37. The molecule has 0 aliphatic carbocycles. The van der Waals surface area contributed by atoms with Crippen LogP contribution >= 0.6 is 0 Å². The van der Waals surface area contributed by atoms with Crippen molar-refractivity contribution in [3.8, 4) is 0 Å². The fourth-order valence-electron chi connectivity index (χ4n) is 2.37. The van der Waals surface area contributed by atoms with Crippen molar-refractivity contribution in [1.29, 1.82) is 0 Å². The van der Waals surface area contributed by atoms with Crippen molar-refractivity contribution >= 4 is 0 Å². The molecular formula is C64H102O8Ti4. The molecule has 76 heavy (non-hydrogen) atoms. The zero-order valence-corrected chi connectivity index (χ0v) is 54.9. The minimum absolute atomic E-state index is 0. The van der Waals surface area contributed by atoms with E-state index >= 15 is 0 Å². The van der Waals surface area contributed by atoms with Crippen LogP contribution in [0.15, 0.2) is 182 Å². The van der Waals surface area contributed by atoms with Crippen molar-refractivity contribution < 1.29 is 128 Å². The number of hydrogen-bond donors (Lipinski definition) is 8. The van der Waals surface area contributed by atoms with Gasteiger partial charge in [0.1, 0.15) is 0 Å². The normalized spacial score (nSPS) is 8.61. The first kappa shape index (κ1) is 102. The molecule has 6 rings (SSSR count). The molecule has 0 bridgehead atoms. The Morgan fingerprint density at radius 2 is 0.395 bits per heavy atom. The fraction of sp³-hybridized carbons (Fsp3) is 0.438. The van der Waals surface area contributed by atoms with Gasteiger partial charge in [0.25, 0.3) is 0 Å². The zero-order chi connectivity index (χ0) is 56.3. The summed E-state index contributed by atoms with van der Waals surface area (Å²) in [5, 5.41) is 64.7. The quantitative estimate of drug-likeness (QED) is 0.0552. The molecular weight excluding hydrogens is 1090 g/mol. The molecule has 0 aliphatic rings. The maximum atomic E-state index is 8.36. The average molecular weight is 1190 g/mol. The molecule has 6 aromatic carbocycles. The Bertz CT molecular complexity index is 1080. The second-order valence-corrected chi connectivity index (χ2v) is 14.8. The molecule has 2 unspecified atom stereocenters. The van der Waals surface area contributed by atoms with Crippen LogP contribution in [0.5, 0.6) is 0 Å². The molecule has 6 aromatic rings. The summed E-state index contributed by atoms with van der Waals surface area (Å²) >= 11 is 0. The van der Waals surface area contributed by atoms with Gasteiger partial charge in [-0.15, -0.1) is 0 Å². The molecule has 8 nitrogen and oxygen atoms in total. The van der Waals surface area contributed by atoms with E-state index in [4.69, 9.17) is 40.9 Å². The maximum Gasteiger partial charge on any atom is 2.00 e. The Balaban J connectivity index is -0.0000000580. The topological polar surface area (TPSA) is 162 Å². The van der Waals surface area contributed by atoms with E-state index in [0.717, 1.165) is 51.4 Å². The molecule has 2 atom stereocenters. The van der Waals surface area contributed by atoms with E-state index in [0.29, 0.717) is 26.4 Å². The van der Waals surface area contributed by atoms with Crippen molar-refractivity contribution in [1.82, 2.24) is 0 Å². The van der Waals surface area contributed by atoms with Gasteiger partial charge in [0, 0.05) is 60.4 Å². The predicted octanol–water partition coefficient (Wildman–Crippen LogP) is 13.6. The van der Waals surface area contributed by atoms with Crippen LogP contribution in [0.1, 0.15) is 134 Å². The van der Waals surface area contributed by atoms with Gasteiger partial charge in [0.05, 0.1) is 12.2 Å². The third-order valence-electron chi connectivity index (χ3n) is 6.29. The number of aliphatic hydroxyl groups is 8. The molecule has 0 aromatic heterocycles. The number of benzene rings is 6. The van der Waals surface area contributed by atoms with E-state index in [9.17, 15) is 0 Å². The third kappa shape index (κ3) is 188. The SMILES string of the molecule is CC(C)O.CC(C)O.CCC(C)O.CCC(C)O.CCCCO.CCCCO.CCCO.CCCO.[Ti+2].[Ti+2].[Ti+2].[Ti].[c-]1ccccc1.[c-]1ccccc1.[c-]1ccccc1.[c-]1ccccc1.[c-]1ccccc1.[c-]1ccccc1. The third-order valence-corrected chi connectivity index (χ3v) is 6.29. The largest absolute Gasteiger partial charge is 2.00 e. The average Bonchev–Trinajstić information content (AvgIpc) is 3.43. The van der Waals surface area contributed by atoms with Gasteiger partial charge >= 0.3 is 65.2 Å². The zero-order valence-electron chi connectivity index (χ0n) is 48.7. The second kappa shape index (κ2) is 112. The predicted molar refractivity (Wildman–Crippen MR) is 309 cm³/mol. The summed E-state index contributed by atoms with van der Waals surface area (Å²) < 4.78 is 0. The van der Waals surface area contributed by atoms with Crippen LogP contribution < -0.4 is 0 Å². The summed E-state index contributed by atoms with van der Waals surface area (Å²) in [5.41, 5.74) is 0. The van der Waals surface area contributed by atoms with Crippen LogP contribution in [0.3, 0.4) is 0 Å². The van der Waals surface area contributed by atoms with Gasteiger partial charge in [0.15, 0.2) is 0 Å². The first-order chi connectivity index (χ1) is 34.7. The Labute approximate surface area is 526 Å². The van der Waals surface area contributed by atoms with Gasteiger partial charge in [0.2, 0.25) is 0 Å². The van der Waals surface area contributed by atoms with E-state index in [1.807, 2.05) is 210 Å². The summed E-state index contributed by atoms with van der Waals surface area (Å²) in [6, 6.07) is 75.0. The standard InChI is InChI=1S/6C6H5.4C4H10O.4C3H8O.4Ti/c6*1-2-4-6-5-3-1;2*1-3-4(2)5;2*1-2-3-4-5;2*1-3(2)4;2*1-2-3-4;;;;/h6*1-5H;2*4-5H,3H2,1-2H3;2*5H,2-4H2,1H3;2*3-4H,1-2H3;2*4H,2-3H2,1H3;;;;/q6*-1;;;;;;;;;;3*+2. The van der Waals surface area contributed by atoms with Gasteiger partial charge in [-0.2, -0.15) is 218 Å². The molecule has 0 saturated carbocycles. The summed E-state index contributed by atoms with van der Waals surface area (Å²) in [4.78, 5) is 0. The van der Waals surface area contributed by atoms with Gasteiger partial charge < -0.3 is 40.9 Å². The van der Waals surface area contributed by atoms with Crippen molar-refractivity contribution in [2.24, 2.45) is 0 Å². The molecule has 0 amide bonds. The van der Waals surface area contributed by atoms with Gasteiger partial charge in [-0.25, -0.2) is 0 Å². The summed E-state index contributed by atoms with van der Waals surface area (Å²) in [6.45, 7) is 23.6. The van der Waals surface area contributed by atoms with E-state index < -0.39 is 0 Å². The molecule has 0 heterocycles. The van der Waals surface area contributed by atoms with Crippen LogP contribution in [0.2, 0.25) is 0 Å². The molecule has 0 saturated heterocycles.